The summed E-state index contributed by atoms with van der Waals surface area (Å²) >= 11 is 12.1. The smallest absolute Gasteiger partial charge is 0.413 e. The summed E-state index contributed by atoms with van der Waals surface area (Å²) in [5.41, 5.74) is 4.24. The van der Waals surface area contributed by atoms with E-state index in [9.17, 15) is 4.79 Å². The van der Waals surface area contributed by atoms with E-state index in [-0.39, 0.29) is 6.61 Å². The van der Waals surface area contributed by atoms with E-state index in [4.69, 9.17) is 27.9 Å². The maximum absolute atomic E-state index is 12.4. The summed E-state index contributed by atoms with van der Waals surface area (Å²) in [5, 5.41) is 8.20. The third kappa shape index (κ3) is 4.38. The van der Waals surface area contributed by atoms with Crippen LogP contribution in [0.1, 0.15) is 18.3 Å². The van der Waals surface area contributed by atoms with Gasteiger partial charge in [0.05, 0.1) is 26.8 Å². The molecule has 0 saturated carbocycles. The summed E-state index contributed by atoms with van der Waals surface area (Å²) in [6.07, 6.45) is -0.562. The van der Waals surface area contributed by atoms with E-state index in [1.807, 2.05) is 49.7 Å². The first-order valence-electron chi connectivity index (χ1n) is 9.74. The second-order valence-electron chi connectivity index (χ2n) is 7.10. The van der Waals surface area contributed by atoms with Gasteiger partial charge in [0.25, 0.3) is 0 Å². The number of carbonyl (C=O) groups excluding carboxylic acids is 1. The first-order chi connectivity index (χ1) is 14.9. The molecular formula is C22H21Cl2N5O2. The van der Waals surface area contributed by atoms with Gasteiger partial charge in [0.2, 0.25) is 0 Å². The number of halogens is 2. The maximum atomic E-state index is 12.4. The molecule has 4 rings (SSSR count). The zero-order valence-electron chi connectivity index (χ0n) is 17.3. The van der Waals surface area contributed by atoms with Crippen molar-refractivity contribution in [3.05, 3.63) is 63.9 Å². The molecule has 0 aliphatic rings. The Labute approximate surface area is 189 Å². The van der Waals surface area contributed by atoms with E-state index in [0.717, 1.165) is 28.0 Å². The van der Waals surface area contributed by atoms with Crippen molar-refractivity contribution in [2.24, 2.45) is 7.05 Å². The van der Waals surface area contributed by atoms with Gasteiger partial charge in [0, 0.05) is 25.2 Å². The van der Waals surface area contributed by atoms with Crippen molar-refractivity contribution >= 4 is 46.1 Å². The lowest BCUT2D eigenvalue weighted by Gasteiger charge is -2.08. The molecule has 0 bridgehead atoms. The second kappa shape index (κ2) is 8.61. The molecule has 9 heteroatoms. The fourth-order valence-electron chi connectivity index (χ4n) is 3.30. The largest absolute Gasteiger partial charge is 0.444 e. The summed E-state index contributed by atoms with van der Waals surface area (Å²) in [4.78, 5) is 16.9. The average molecular weight is 458 g/mol. The number of fused-ring (bicyclic) bond motifs is 1. The normalized spacial score (nSPS) is 11.1. The van der Waals surface area contributed by atoms with Crippen LogP contribution in [0.2, 0.25) is 10.0 Å². The minimum Gasteiger partial charge on any atom is -0.444 e. The number of rotatable bonds is 5. The van der Waals surface area contributed by atoms with E-state index in [2.05, 4.69) is 15.4 Å². The number of aryl methyl sites for hydroxylation is 3. The van der Waals surface area contributed by atoms with E-state index >= 15 is 0 Å². The van der Waals surface area contributed by atoms with Crippen LogP contribution in [-0.2, 0) is 24.9 Å². The van der Waals surface area contributed by atoms with Gasteiger partial charge >= 0.3 is 6.09 Å². The maximum Gasteiger partial charge on any atom is 0.413 e. The molecule has 1 amide bonds. The molecule has 0 aliphatic heterocycles. The van der Waals surface area contributed by atoms with Crippen LogP contribution in [0, 0.1) is 6.92 Å². The molecule has 2 heterocycles. The Kier molecular flexibility index (Phi) is 5.89. The lowest BCUT2D eigenvalue weighted by atomic mass is 10.1. The number of carbonyl (C=O) groups is 1. The monoisotopic (exact) mass is 457 g/mol. The number of nitrogens with one attached hydrogen (secondary N) is 1. The number of ether oxygens (including phenoxy) is 1. The Balaban J connectivity index is 1.45. The predicted octanol–water partition coefficient (Wildman–Crippen LogP) is 5.82. The second-order valence-corrected chi connectivity index (χ2v) is 7.92. The van der Waals surface area contributed by atoms with Crippen molar-refractivity contribution in [2.75, 3.05) is 5.32 Å². The average Bonchev–Trinajstić information content (AvgIpc) is 3.28. The molecule has 0 saturated heterocycles. The van der Waals surface area contributed by atoms with Gasteiger partial charge in [-0.25, -0.2) is 14.5 Å². The van der Waals surface area contributed by atoms with Crippen LogP contribution in [-0.4, -0.2) is 25.4 Å². The van der Waals surface area contributed by atoms with E-state index in [0.29, 0.717) is 28.1 Å². The molecule has 7 nitrogen and oxygen atoms in total. The van der Waals surface area contributed by atoms with Crippen molar-refractivity contribution in [3.8, 4) is 11.3 Å². The van der Waals surface area contributed by atoms with Crippen molar-refractivity contribution in [1.82, 2.24) is 19.3 Å². The zero-order valence-corrected chi connectivity index (χ0v) is 18.8. The summed E-state index contributed by atoms with van der Waals surface area (Å²) in [6.45, 7) is 4.60. The molecule has 0 aliphatic carbocycles. The highest BCUT2D eigenvalue weighted by Gasteiger charge is 2.14. The topological polar surface area (TPSA) is 74.0 Å². The standard InChI is InChI=1S/C22H21Cl2N5O2/c1-4-29-21(11-18(27-29)15-6-7-16(23)17(24)10-15)26-22(30)31-12-14-5-8-20-19(9-14)25-13(2)28(20)3/h5-11H,4,12H2,1-3H3,(H,26,30). The summed E-state index contributed by atoms with van der Waals surface area (Å²) in [7, 11) is 1.97. The molecule has 0 atom stereocenters. The minimum atomic E-state index is -0.562. The van der Waals surface area contributed by atoms with E-state index in [1.54, 1.807) is 22.9 Å². The van der Waals surface area contributed by atoms with Crippen LogP contribution >= 0.6 is 23.2 Å². The van der Waals surface area contributed by atoms with Crippen LogP contribution in [0.25, 0.3) is 22.3 Å². The molecule has 31 heavy (non-hydrogen) atoms. The molecule has 0 unspecified atom stereocenters. The van der Waals surface area contributed by atoms with Gasteiger partial charge in [-0.2, -0.15) is 5.10 Å². The van der Waals surface area contributed by atoms with Crippen LogP contribution in [0.5, 0.6) is 0 Å². The number of hydrogen-bond donors (Lipinski definition) is 1. The van der Waals surface area contributed by atoms with E-state index < -0.39 is 6.09 Å². The molecule has 2 aromatic carbocycles. The lowest BCUT2D eigenvalue weighted by Crippen LogP contribution is -2.16. The van der Waals surface area contributed by atoms with Gasteiger partial charge in [-0.1, -0.05) is 35.3 Å². The zero-order chi connectivity index (χ0) is 22.1. The molecule has 1 N–H and O–H groups in total. The first kappa shape index (κ1) is 21.2. The number of benzene rings is 2. The van der Waals surface area contributed by atoms with Gasteiger partial charge in [-0.15, -0.1) is 0 Å². The van der Waals surface area contributed by atoms with Crippen LogP contribution in [0.4, 0.5) is 10.6 Å². The predicted molar refractivity (Wildman–Crippen MR) is 123 cm³/mol. The SMILES string of the molecule is CCn1nc(-c2ccc(Cl)c(Cl)c2)cc1NC(=O)OCc1ccc2c(c1)nc(C)n2C. The van der Waals surface area contributed by atoms with Crippen molar-refractivity contribution in [3.63, 3.8) is 0 Å². The fraction of sp³-hybridized carbons (Fsp3) is 0.227. The van der Waals surface area contributed by atoms with Crippen molar-refractivity contribution in [1.29, 1.82) is 0 Å². The highest BCUT2D eigenvalue weighted by atomic mass is 35.5. The minimum absolute atomic E-state index is 0.136. The van der Waals surface area contributed by atoms with E-state index in [1.165, 1.54) is 0 Å². The number of hydrogen-bond acceptors (Lipinski definition) is 4. The van der Waals surface area contributed by atoms with Gasteiger partial charge in [0.15, 0.2) is 0 Å². The molecule has 0 fully saturated rings. The van der Waals surface area contributed by atoms with Gasteiger partial charge < -0.3 is 9.30 Å². The molecule has 160 valence electrons. The summed E-state index contributed by atoms with van der Waals surface area (Å²) in [5.74, 6) is 1.46. The highest BCUT2D eigenvalue weighted by molar-refractivity contribution is 6.42. The summed E-state index contributed by atoms with van der Waals surface area (Å²) in [6, 6.07) is 12.9. The highest BCUT2D eigenvalue weighted by Crippen LogP contribution is 2.29. The quantitative estimate of drug-likeness (QED) is 0.409. The molecule has 4 aromatic rings. The Morgan fingerprint density at radius 3 is 2.68 bits per heavy atom. The Bertz CT molecular complexity index is 1280. The molecular weight excluding hydrogens is 437 g/mol. The Morgan fingerprint density at radius 2 is 1.94 bits per heavy atom. The number of imidazole rings is 1. The van der Waals surface area contributed by atoms with Gasteiger partial charge in [0.1, 0.15) is 18.2 Å². The molecule has 2 aromatic heterocycles. The molecule has 0 spiro atoms. The Hall–Kier alpha value is -3.03. The lowest BCUT2D eigenvalue weighted by molar-refractivity contribution is 0.155. The van der Waals surface area contributed by atoms with Crippen molar-refractivity contribution < 1.29 is 9.53 Å². The van der Waals surface area contributed by atoms with Crippen LogP contribution in [0.3, 0.4) is 0 Å². The van der Waals surface area contributed by atoms with Crippen LogP contribution in [0.15, 0.2) is 42.5 Å². The van der Waals surface area contributed by atoms with Gasteiger partial charge in [-0.05, 0) is 43.7 Å². The third-order valence-corrected chi connectivity index (χ3v) is 5.80. The number of nitrogens with zero attached hydrogens (tertiary/aromatic N) is 4. The van der Waals surface area contributed by atoms with Gasteiger partial charge in [-0.3, -0.25) is 5.32 Å². The molecule has 0 radical (unpaired) electrons. The summed E-state index contributed by atoms with van der Waals surface area (Å²) < 4.78 is 9.10. The number of aromatic nitrogens is 4. The van der Waals surface area contributed by atoms with Crippen LogP contribution < -0.4 is 5.32 Å². The number of amides is 1. The fourth-order valence-corrected chi connectivity index (χ4v) is 3.60. The third-order valence-electron chi connectivity index (χ3n) is 5.06. The number of anilines is 1. The first-order valence-corrected chi connectivity index (χ1v) is 10.5. The van der Waals surface area contributed by atoms with Crippen molar-refractivity contribution in [2.45, 2.75) is 27.0 Å². The Morgan fingerprint density at radius 1 is 1.13 bits per heavy atom.